The number of halogens is 2. The van der Waals surface area contributed by atoms with E-state index in [4.69, 9.17) is 4.74 Å². The molecule has 0 atom stereocenters. The Hall–Kier alpha value is -1.88. The van der Waals surface area contributed by atoms with Crippen molar-refractivity contribution in [1.29, 1.82) is 0 Å². The molecule has 0 aromatic heterocycles. The Morgan fingerprint density at radius 3 is 2.62 bits per heavy atom. The lowest BCUT2D eigenvalue weighted by atomic mass is 10.1. The predicted octanol–water partition coefficient (Wildman–Crippen LogP) is 3.33. The second-order valence-electron chi connectivity index (χ2n) is 4.40. The monoisotopic (exact) mass is 351 g/mol. The fraction of sp³-hybridized carbons (Fsp3) is 0.188. The highest BCUT2D eigenvalue weighted by molar-refractivity contribution is 9.10. The first-order valence-corrected chi connectivity index (χ1v) is 7.33. The van der Waals surface area contributed by atoms with E-state index in [-0.39, 0.29) is 18.3 Å². The zero-order chi connectivity index (χ0) is 15.1. The van der Waals surface area contributed by atoms with E-state index >= 15 is 0 Å². The molecule has 1 N–H and O–H groups in total. The normalized spacial score (nSPS) is 10.2. The first-order valence-electron chi connectivity index (χ1n) is 6.54. The van der Waals surface area contributed by atoms with Crippen LogP contribution in [0.1, 0.15) is 5.56 Å². The van der Waals surface area contributed by atoms with E-state index in [1.165, 1.54) is 6.07 Å². The van der Waals surface area contributed by atoms with Crippen molar-refractivity contribution < 1.29 is 13.9 Å². The molecule has 0 aliphatic rings. The average molecular weight is 352 g/mol. The molecule has 2 rings (SSSR count). The van der Waals surface area contributed by atoms with Crippen molar-refractivity contribution in [3.8, 4) is 5.75 Å². The van der Waals surface area contributed by atoms with Gasteiger partial charge in [0.25, 0.3) is 0 Å². The number of rotatable bonds is 6. The molecule has 0 spiro atoms. The first kappa shape index (κ1) is 15.5. The van der Waals surface area contributed by atoms with Crippen LogP contribution in [0.3, 0.4) is 0 Å². The summed E-state index contributed by atoms with van der Waals surface area (Å²) in [7, 11) is 0. The van der Waals surface area contributed by atoms with Gasteiger partial charge in [0.05, 0.1) is 13.0 Å². The Morgan fingerprint density at radius 1 is 1.14 bits per heavy atom. The number of para-hydroxylation sites is 1. The third-order valence-corrected chi connectivity index (χ3v) is 3.60. The molecular formula is C16H15BrFNO2. The lowest BCUT2D eigenvalue weighted by molar-refractivity contribution is -0.120. The lowest BCUT2D eigenvalue weighted by Crippen LogP contribution is -2.29. The Morgan fingerprint density at radius 2 is 1.86 bits per heavy atom. The summed E-state index contributed by atoms with van der Waals surface area (Å²) in [4.78, 5) is 11.8. The van der Waals surface area contributed by atoms with Crippen LogP contribution in [0.5, 0.6) is 5.75 Å². The van der Waals surface area contributed by atoms with Crippen molar-refractivity contribution in [2.75, 3.05) is 13.2 Å². The molecule has 3 nitrogen and oxygen atoms in total. The molecule has 5 heteroatoms. The maximum absolute atomic E-state index is 13.3. The third kappa shape index (κ3) is 4.86. The number of amides is 1. The molecule has 110 valence electrons. The average Bonchev–Trinajstić information content (AvgIpc) is 2.48. The van der Waals surface area contributed by atoms with Crippen molar-refractivity contribution in [3.63, 3.8) is 0 Å². The number of ether oxygens (including phenoxy) is 1. The molecule has 2 aromatic rings. The van der Waals surface area contributed by atoms with Crippen molar-refractivity contribution >= 4 is 21.8 Å². The van der Waals surface area contributed by atoms with Gasteiger partial charge in [-0.2, -0.15) is 0 Å². The highest BCUT2D eigenvalue weighted by Crippen LogP contribution is 2.16. The van der Waals surface area contributed by atoms with Gasteiger partial charge in [0, 0.05) is 4.47 Å². The van der Waals surface area contributed by atoms with Crippen LogP contribution in [0.2, 0.25) is 0 Å². The first-order chi connectivity index (χ1) is 10.2. The minimum Gasteiger partial charge on any atom is -0.489 e. The lowest BCUT2D eigenvalue weighted by Gasteiger charge is -2.09. The number of benzene rings is 2. The molecule has 0 radical (unpaired) electrons. The molecule has 21 heavy (non-hydrogen) atoms. The van der Waals surface area contributed by atoms with Crippen molar-refractivity contribution in [2.24, 2.45) is 0 Å². The standard InChI is InChI=1S/C16H15BrFNO2/c17-13-6-2-1-5-12(13)11-16(20)19-9-10-21-15-8-4-3-7-14(15)18/h1-8H,9-11H2,(H,19,20). The number of hydrogen-bond acceptors (Lipinski definition) is 2. The van der Waals surface area contributed by atoms with Gasteiger partial charge in [0.2, 0.25) is 5.91 Å². The number of carbonyl (C=O) groups is 1. The number of hydrogen-bond donors (Lipinski definition) is 1. The fourth-order valence-corrected chi connectivity index (χ4v) is 2.22. The highest BCUT2D eigenvalue weighted by Gasteiger charge is 2.06. The molecule has 0 heterocycles. The maximum Gasteiger partial charge on any atom is 0.224 e. The smallest absolute Gasteiger partial charge is 0.224 e. The second-order valence-corrected chi connectivity index (χ2v) is 5.25. The van der Waals surface area contributed by atoms with Crippen LogP contribution >= 0.6 is 15.9 Å². The largest absolute Gasteiger partial charge is 0.489 e. The van der Waals surface area contributed by atoms with Gasteiger partial charge in [-0.15, -0.1) is 0 Å². The summed E-state index contributed by atoms with van der Waals surface area (Å²) < 4.78 is 19.5. The van der Waals surface area contributed by atoms with E-state index in [9.17, 15) is 9.18 Å². The van der Waals surface area contributed by atoms with Gasteiger partial charge in [-0.05, 0) is 23.8 Å². The van der Waals surface area contributed by atoms with Gasteiger partial charge in [0.1, 0.15) is 6.61 Å². The second kappa shape index (κ2) is 7.78. The van der Waals surface area contributed by atoms with E-state index in [0.29, 0.717) is 13.0 Å². The summed E-state index contributed by atoms with van der Waals surface area (Å²) in [5.41, 5.74) is 0.921. The summed E-state index contributed by atoms with van der Waals surface area (Å²) >= 11 is 3.40. The van der Waals surface area contributed by atoms with Crippen LogP contribution in [0.4, 0.5) is 4.39 Å². The van der Waals surface area contributed by atoms with Crippen LogP contribution in [0.15, 0.2) is 53.0 Å². The van der Waals surface area contributed by atoms with E-state index in [0.717, 1.165) is 10.0 Å². The maximum atomic E-state index is 13.3. The Balaban J connectivity index is 1.73. The van der Waals surface area contributed by atoms with E-state index < -0.39 is 5.82 Å². The van der Waals surface area contributed by atoms with Gasteiger partial charge in [-0.25, -0.2) is 4.39 Å². The SMILES string of the molecule is O=C(Cc1ccccc1Br)NCCOc1ccccc1F. The van der Waals surface area contributed by atoms with Gasteiger partial charge in [-0.1, -0.05) is 46.3 Å². The molecule has 0 saturated carbocycles. The van der Waals surface area contributed by atoms with Gasteiger partial charge < -0.3 is 10.1 Å². The Bertz CT molecular complexity index is 619. The summed E-state index contributed by atoms with van der Waals surface area (Å²) in [5, 5.41) is 2.74. The van der Waals surface area contributed by atoms with Crippen LogP contribution in [0.25, 0.3) is 0 Å². The van der Waals surface area contributed by atoms with Crippen LogP contribution < -0.4 is 10.1 Å². The molecule has 0 bridgehead atoms. The minimum atomic E-state index is -0.406. The van der Waals surface area contributed by atoms with Crippen LogP contribution in [-0.4, -0.2) is 19.1 Å². The molecule has 0 fully saturated rings. The van der Waals surface area contributed by atoms with Gasteiger partial charge in [0.15, 0.2) is 11.6 Å². The molecule has 0 aliphatic heterocycles. The molecule has 2 aromatic carbocycles. The van der Waals surface area contributed by atoms with Gasteiger partial charge in [-0.3, -0.25) is 4.79 Å². The van der Waals surface area contributed by atoms with Crippen LogP contribution in [0, 0.1) is 5.82 Å². The predicted molar refractivity (Wildman–Crippen MR) is 82.8 cm³/mol. The molecule has 1 amide bonds. The van der Waals surface area contributed by atoms with Crippen molar-refractivity contribution in [2.45, 2.75) is 6.42 Å². The topological polar surface area (TPSA) is 38.3 Å². The fourth-order valence-electron chi connectivity index (χ4n) is 1.79. The zero-order valence-corrected chi connectivity index (χ0v) is 12.9. The number of carbonyl (C=O) groups excluding carboxylic acids is 1. The Labute approximate surface area is 131 Å². The van der Waals surface area contributed by atoms with Gasteiger partial charge >= 0.3 is 0 Å². The molecular weight excluding hydrogens is 337 g/mol. The number of nitrogens with one attached hydrogen (secondary N) is 1. The summed E-state index contributed by atoms with van der Waals surface area (Å²) in [6.45, 7) is 0.556. The molecule has 0 aliphatic carbocycles. The minimum absolute atomic E-state index is 0.0981. The summed E-state index contributed by atoms with van der Waals surface area (Å²) in [6, 6.07) is 13.7. The van der Waals surface area contributed by atoms with Crippen molar-refractivity contribution in [1.82, 2.24) is 5.32 Å². The highest BCUT2D eigenvalue weighted by atomic mass is 79.9. The summed E-state index contributed by atoms with van der Waals surface area (Å²) in [5.74, 6) is -0.311. The van der Waals surface area contributed by atoms with E-state index in [1.54, 1.807) is 18.2 Å². The van der Waals surface area contributed by atoms with E-state index in [2.05, 4.69) is 21.2 Å². The van der Waals surface area contributed by atoms with Crippen molar-refractivity contribution in [3.05, 3.63) is 64.4 Å². The summed E-state index contributed by atoms with van der Waals surface area (Å²) in [6.07, 6.45) is 0.293. The third-order valence-electron chi connectivity index (χ3n) is 2.83. The Kier molecular flexibility index (Phi) is 5.75. The molecule has 0 saturated heterocycles. The zero-order valence-electron chi connectivity index (χ0n) is 11.3. The van der Waals surface area contributed by atoms with E-state index in [1.807, 2.05) is 24.3 Å². The quantitative estimate of drug-likeness (QED) is 0.810. The molecule has 0 unspecified atom stereocenters. The van der Waals surface area contributed by atoms with Crippen LogP contribution in [-0.2, 0) is 11.2 Å².